The molecule has 124 valence electrons. The lowest BCUT2D eigenvalue weighted by Gasteiger charge is -2.11. The van der Waals surface area contributed by atoms with Gasteiger partial charge in [-0.25, -0.2) is 9.97 Å². The molecule has 0 unspecified atom stereocenters. The zero-order chi connectivity index (χ0) is 16.6. The number of nitrogens with one attached hydrogen (secondary N) is 1. The van der Waals surface area contributed by atoms with E-state index in [1.54, 1.807) is 17.8 Å². The summed E-state index contributed by atoms with van der Waals surface area (Å²) in [4.78, 5) is 12.8. The van der Waals surface area contributed by atoms with E-state index in [0.717, 1.165) is 31.6 Å². The van der Waals surface area contributed by atoms with Crippen molar-refractivity contribution in [3.63, 3.8) is 0 Å². The molecule has 1 aliphatic heterocycles. The number of aryl methyl sites for hydroxylation is 2. The number of rotatable bonds is 4. The molecule has 4 rings (SSSR count). The maximum Gasteiger partial charge on any atom is 0.282 e. The number of nitrogens with zero attached hydrogens (tertiary/aromatic N) is 4. The van der Waals surface area contributed by atoms with Gasteiger partial charge in [-0.05, 0) is 25.0 Å². The molecule has 0 radical (unpaired) electrons. The highest BCUT2D eigenvalue weighted by molar-refractivity contribution is 7.92. The number of hydrogen-bond donors (Lipinski definition) is 1. The molecule has 4 heterocycles. The third-order valence-electron chi connectivity index (χ3n) is 3.79. The normalized spacial score (nSPS) is 14.3. The van der Waals surface area contributed by atoms with Crippen molar-refractivity contribution >= 4 is 27.2 Å². The van der Waals surface area contributed by atoms with Crippen LogP contribution in [0.1, 0.15) is 18.7 Å². The zero-order valence-corrected chi connectivity index (χ0v) is 14.3. The molecule has 9 heteroatoms. The summed E-state index contributed by atoms with van der Waals surface area (Å²) in [5, 5.41) is 2.38. The number of hydrogen-bond acceptors (Lipinski definition) is 6. The Morgan fingerprint density at radius 3 is 2.92 bits per heavy atom. The van der Waals surface area contributed by atoms with E-state index in [-0.39, 0.29) is 10.8 Å². The molecular weight excluding hydrogens is 346 g/mol. The Hall–Kier alpha value is -2.26. The van der Waals surface area contributed by atoms with Crippen LogP contribution >= 0.6 is 11.3 Å². The van der Waals surface area contributed by atoms with Gasteiger partial charge in [0.25, 0.3) is 10.0 Å². The number of aromatic nitrogens is 4. The third kappa shape index (κ3) is 2.92. The molecule has 0 atom stereocenters. The van der Waals surface area contributed by atoms with Crippen LogP contribution in [-0.2, 0) is 23.0 Å². The Morgan fingerprint density at radius 1 is 1.21 bits per heavy atom. The molecule has 0 fully saturated rings. The maximum absolute atomic E-state index is 12.5. The first kappa shape index (κ1) is 15.3. The Morgan fingerprint density at radius 2 is 2.12 bits per heavy atom. The molecule has 0 spiro atoms. The van der Waals surface area contributed by atoms with Crippen molar-refractivity contribution in [2.75, 3.05) is 4.72 Å². The van der Waals surface area contributed by atoms with Crippen LogP contribution in [-0.4, -0.2) is 27.9 Å². The summed E-state index contributed by atoms with van der Waals surface area (Å²) in [6.07, 6.45) is 6.19. The lowest BCUT2D eigenvalue weighted by Crippen LogP contribution is -2.13. The monoisotopic (exact) mass is 361 g/mol. The molecule has 3 aromatic heterocycles. The summed E-state index contributed by atoms with van der Waals surface area (Å²) in [7, 11) is -3.73. The van der Waals surface area contributed by atoms with E-state index in [4.69, 9.17) is 0 Å². The fourth-order valence-electron chi connectivity index (χ4n) is 2.63. The largest absolute Gasteiger partial charge is 0.333 e. The van der Waals surface area contributed by atoms with Crippen LogP contribution in [0.3, 0.4) is 0 Å². The second-order valence-electron chi connectivity index (χ2n) is 5.50. The summed E-state index contributed by atoms with van der Waals surface area (Å²) >= 11 is 1.34. The Bertz CT molecular complexity index is 939. The molecule has 0 bridgehead atoms. The smallest absolute Gasteiger partial charge is 0.282 e. The van der Waals surface area contributed by atoms with Crippen molar-refractivity contribution in [2.24, 2.45) is 0 Å². The van der Waals surface area contributed by atoms with Crippen LogP contribution in [0.15, 0.2) is 41.0 Å². The minimum absolute atomic E-state index is 0.0480. The predicted octanol–water partition coefficient (Wildman–Crippen LogP) is 2.54. The molecule has 0 aromatic carbocycles. The van der Waals surface area contributed by atoms with Gasteiger partial charge in [-0.2, -0.15) is 8.42 Å². The van der Waals surface area contributed by atoms with Crippen molar-refractivity contribution in [2.45, 2.75) is 30.8 Å². The highest BCUT2D eigenvalue weighted by Crippen LogP contribution is 2.26. The summed E-state index contributed by atoms with van der Waals surface area (Å²) < 4.78 is 29.5. The van der Waals surface area contributed by atoms with Crippen LogP contribution in [0.2, 0.25) is 0 Å². The molecule has 1 aliphatic rings. The molecule has 0 saturated heterocycles. The topological polar surface area (TPSA) is 89.8 Å². The van der Waals surface area contributed by atoms with Crippen LogP contribution in [0.5, 0.6) is 0 Å². The van der Waals surface area contributed by atoms with Crippen molar-refractivity contribution < 1.29 is 8.42 Å². The molecule has 7 nitrogen and oxygen atoms in total. The van der Waals surface area contributed by atoms with E-state index in [0.29, 0.717) is 10.7 Å². The number of pyridine rings is 1. The standard InChI is InChI=1S/C15H15N5O2S2/c21-24(22,14-9-20-8-4-2-6-13(20)18-14)19-12-10-23-15(17-12)11-5-1-3-7-16-11/h1,3,5,7,9-10,19H,2,4,6,8H2. The number of anilines is 1. The molecule has 0 amide bonds. The van der Waals surface area contributed by atoms with Gasteiger partial charge in [0.2, 0.25) is 0 Å². The number of sulfonamides is 1. The Kier molecular flexibility index (Phi) is 3.81. The van der Waals surface area contributed by atoms with Gasteiger partial charge in [0.1, 0.15) is 10.8 Å². The summed E-state index contributed by atoms with van der Waals surface area (Å²) in [5.41, 5.74) is 0.713. The lowest BCUT2D eigenvalue weighted by molar-refractivity contribution is 0.522. The van der Waals surface area contributed by atoms with E-state index >= 15 is 0 Å². The van der Waals surface area contributed by atoms with Crippen molar-refractivity contribution in [1.29, 1.82) is 0 Å². The fraction of sp³-hybridized carbons (Fsp3) is 0.267. The minimum atomic E-state index is -3.73. The average molecular weight is 361 g/mol. The van der Waals surface area contributed by atoms with Gasteiger partial charge in [0, 0.05) is 30.7 Å². The molecule has 24 heavy (non-hydrogen) atoms. The second-order valence-corrected chi connectivity index (χ2v) is 7.99. The van der Waals surface area contributed by atoms with Crippen LogP contribution in [0.25, 0.3) is 10.7 Å². The van der Waals surface area contributed by atoms with E-state index in [2.05, 4.69) is 19.7 Å². The quantitative estimate of drug-likeness (QED) is 0.771. The summed E-state index contributed by atoms with van der Waals surface area (Å²) in [6, 6.07) is 5.52. The third-order valence-corrected chi connectivity index (χ3v) is 5.88. The number of thiazole rings is 1. The predicted molar refractivity (Wildman–Crippen MR) is 91.3 cm³/mol. The van der Waals surface area contributed by atoms with E-state index < -0.39 is 10.0 Å². The van der Waals surface area contributed by atoms with E-state index in [1.807, 2.05) is 22.8 Å². The molecule has 0 saturated carbocycles. The first-order valence-electron chi connectivity index (χ1n) is 7.58. The first-order chi connectivity index (χ1) is 11.6. The highest BCUT2D eigenvalue weighted by atomic mass is 32.2. The summed E-state index contributed by atoms with van der Waals surface area (Å²) in [5.74, 6) is 1.11. The van der Waals surface area contributed by atoms with Gasteiger partial charge < -0.3 is 4.57 Å². The van der Waals surface area contributed by atoms with Crippen molar-refractivity contribution in [3.05, 3.63) is 41.8 Å². The van der Waals surface area contributed by atoms with Crippen LogP contribution in [0.4, 0.5) is 5.82 Å². The highest BCUT2D eigenvalue weighted by Gasteiger charge is 2.23. The second kappa shape index (κ2) is 5.99. The fourth-order valence-corrected chi connectivity index (χ4v) is 4.41. The van der Waals surface area contributed by atoms with Gasteiger partial charge in [-0.15, -0.1) is 11.3 Å². The summed E-state index contributed by atoms with van der Waals surface area (Å²) in [6.45, 7) is 0.818. The Labute approximate surface area is 143 Å². The molecule has 0 aliphatic carbocycles. The first-order valence-corrected chi connectivity index (χ1v) is 9.94. The molecule has 3 aromatic rings. The van der Waals surface area contributed by atoms with Gasteiger partial charge in [0.05, 0.1) is 5.69 Å². The Balaban J connectivity index is 1.58. The van der Waals surface area contributed by atoms with E-state index in [9.17, 15) is 8.42 Å². The van der Waals surface area contributed by atoms with Gasteiger partial charge in [-0.1, -0.05) is 6.07 Å². The van der Waals surface area contributed by atoms with Crippen molar-refractivity contribution in [1.82, 2.24) is 19.5 Å². The van der Waals surface area contributed by atoms with E-state index in [1.165, 1.54) is 11.3 Å². The minimum Gasteiger partial charge on any atom is -0.333 e. The zero-order valence-electron chi connectivity index (χ0n) is 12.7. The SMILES string of the molecule is O=S(=O)(Nc1csc(-c2ccccn2)n1)c1cn2c(n1)CCCC2. The average Bonchev–Trinajstić information content (AvgIpc) is 3.22. The maximum atomic E-state index is 12.5. The van der Waals surface area contributed by atoms with Gasteiger partial charge in [0.15, 0.2) is 10.8 Å². The van der Waals surface area contributed by atoms with Crippen molar-refractivity contribution in [3.8, 4) is 10.7 Å². The number of fused-ring (bicyclic) bond motifs is 1. The number of imidazole rings is 1. The molecule has 1 N–H and O–H groups in total. The van der Waals surface area contributed by atoms with Crippen LogP contribution < -0.4 is 4.72 Å². The lowest BCUT2D eigenvalue weighted by atomic mass is 10.2. The molecular formula is C15H15N5O2S2. The van der Waals surface area contributed by atoms with Crippen LogP contribution in [0, 0.1) is 0 Å². The van der Waals surface area contributed by atoms with Gasteiger partial charge >= 0.3 is 0 Å². The van der Waals surface area contributed by atoms with Gasteiger partial charge in [-0.3, -0.25) is 9.71 Å².